The van der Waals surface area contributed by atoms with Crippen molar-refractivity contribution in [3.8, 4) is 0 Å². The molecule has 0 aliphatic rings. The number of anilines is 2. The van der Waals surface area contributed by atoms with E-state index in [-0.39, 0.29) is 11.9 Å². The van der Waals surface area contributed by atoms with Gasteiger partial charge in [-0.1, -0.05) is 5.21 Å². The molecule has 0 amide bonds. The molecular weight excluding hydrogens is 146 g/mol. The smallest absolute Gasteiger partial charge is 0.228 e. The van der Waals surface area contributed by atoms with Gasteiger partial charge in [0.05, 0.1) is 6.20 Å². The van der Waals surface area contributed by atoms with Gasteiger partial charge in [-0.25, -0.2) is 0 Å². The summed E-state index contributed by atoms with van der Waals surface area (Å²) in [5, 5.41) is 7.20. The molecule has 0 fully saturated rings. The lowest BCUT2D eigenvalue weighted by atomic mass is 10.7. The Morgan fingerprint density at radius 2 is 2.09 bits per heavy atom. The molecule has 56 valence electrons. The van der Waals surface area contributed by atoms with Crippen molar-refractivity contribution in [1.82, 2.24) is 24.8 Å². The summed E-state index contributed by atoms with van der Waals surface area (Å²) in [5.74, 6) is 0.308. The highest BCUT2D eigenvalue weighted by Gasteiger charge is 2.01. The molecule has 2 aromatic rings. The molecule has 2 heterocycles. The predicted molar refractivity (Wildman–Crippen MR) is 37.4 cm³/mol. The highest BCUT2D eigenvalue weighted by Crippen LogP contribution is 2.02. The van der Waals surface area contributed by atoms with Crippen LogP contribution in [0.25, 0.3) is 5.65 Å². The van der Waals surface area contributed by atoms with Crippen LogP contribution >= 0.6 is 0 Å². The van der Waals surface area contributed by atoms with Crippen LogP contribution in [0.15, 0.2) is 6.20 Å². The van der Waals surface area contributed by atoms with E-state index in [1.54, 1.807) is 0 Å². The van der Waals surface area contributed by atoms with Crippen molar-refractivity contribution >= 4 is 17.5 Å². The molecular formula is C4H5N7. The number of nitrogen functional groups attached to an aromatic ring is 2. The van der Waals surface area contributed by atoms with Crippen molar-refractivity contribution in [2.24, 2.45) is 0 Å². The zero-order valence-electron chi connectivity index (χ0n) is 5.47. The van der Waals surface area contributed by atoms with Crippen molar-refractivity contribution < 1.29 is 0 Å². The Balaban J connectivity index is 2.91. The summed E-state index contributed by atoms with van der Waals surface area (Å²) in [7, 11) is 0. The van der Waals surface area contributed by atoms with Crippen molar-refractivity contribution in [1.29, 1.82) is 0 Å². The highest BCUT2D eigenvalue weighted by atomic mass is 15.4. The standard InChI is InChI=1S/C4H5N7/c5-3-8-2-1-7-10-11(2)4(6)9-3/h1H,(H4,5,6,8,9). The molecule has 0 aliphatic heterocycles. The first-order valence-electron chi connectivity index (χ1n) is 2.87. The summed E-state index contributed by atoms with van der Waals surface area (Å²) in [5.41, 5.74) is 11.2. The molecule has 0 spiro atoms. The van der Waals surface area contributed by atoms with Gasteiger partial charge in [0, 0.05) is 0 Å². The van der Waals surface area contributed by atoms with E-state index in [1.165, 1.54) is 10.7 Å². The van der Waals surface area contributed by atoms with Crippen molar-refractivity contribution in [3.63, 3.8) is 0 Å². The number of fused-ring (bicyclic) bond motifs is 1. The minimum Gasteiger partial charge on any atom is -0.368 e. The van der Waals surface area contributed by atoms with Gasteiger partial charge in [-0.2, -0.15) is 14.5 Å². The van der Waals surface area contributed by atoms with E-state index in [0.29, 0.717) is 5.65 Å². The highest BCUT2D eigenvalue weighted by molar-refractivity contribution is 5.43. The molecule has 0 saturated heterocycles. The third-order valence-corrected chi connectivity index (χ3v) is 1.21. The molecule has 0 saturated carbocycles. The predicted octanol–water partition coefficient (Wildman–Crippen LogP) is -1.32. The van der Waals surface area contributed by atoms with E-state index in [0.717, 1.165) is 0 Å². The number of nitrogens with zero attached hydrogens (tertiary/aromatic N) is 5. The van der Waals surface area contributed by atoms with E-state index in [2.05, 4.69) is 20.3 Å². The van der Waals surface area contributed by atoms with Crippen LogP contribution in [-0.4, -0.2) is 24.8 Å². The fourth-order valence-corrected chi connectivity index (χ4v) is 0.776. The molecule has 2 aromatic heterocycles. The first kappa shape index (κ1) is 5.83. The van der Waals surface area contributed by atoms with Crippen LogP contribution in [0, 0.1) is 0 Å². The Bertz CT molecular complexity index is 390. The summed E-state index contributed by atoms with van der Waals surface area (Å²) < 4.78 is 1.30. The van der Waals surface area contributed by atoms with Gasteiger partial charge >= 0.3 is 0 Å². The first-order valence-corrected chi connectivity index (χ1v) is 2.87. The minimum atomic E-state index is 0.123. The summed E-state index contributed by atoms with van der Waals surface area (Å²) in [6.45, 7) is 0. The van der Waals surface area contributed by atoms with Crippen LogP contribution in [-0.2, 0) is 0 Å². The number of nitrogens with two attached hydrogens (primary N) is 2. The van der Waals surface area contributed by atoms with Crippen LogP contribution in [0.5, 0.6) is 0 Å². The first-order chi connectivity index (χ1) is 5.27. The van der Waals surface area contributed by atoms with Crippen LogP contribution in [0.2, 0.25) is 0 Å². The van der Waals surface area contributed by atoms with Gasteiger partial charge in [0.2, 0.25) is 11.9 Å². The molecule has 0 bridgehead atoms. The molecule has 2 rings (SSSR count). The van der Waals surface area contributed by atoms with Crippen LogP contribution < -0.4 is 11.5 Å². The lowest BCUT2D eigenvalue weighted by Crippen LogP contribution is -2.06. The fraction of sp³-hybridized carbons (Fsp3) is 0. The van der Waals surface area contributed by atoms with Gasteiger partial charge in [-0.15, -0.1) is 5.10 Å². The minimum absolute atomic E-state index is 0.123. The van der Waals surface area contributed by atoms with Crippen molar-refractivity contribution in [2.45, 2.75) is 0 Å². The SMILES string of the molecule is Nc1nc(N)n2nncc2n1. The van der Waals surface area contributed by atoms with Gasteiger partial charge in [0.25, 0.3) is 0 Å². The van der Waals surface area contributed by atoms with Crippen molar-refractivity contribution in [2.75, 3.05) is 11.5 Å². The van der Waals surface area contributed by atoms with Gasteiger partial charge in [-0.05, 0) is 0 Å². The zero-order valence-corrected chi connectivity index (χ0v) is 5.47. The number of aromatic nitrogens is 5. The average molecular weight is 151 g/mol. The third-order valence-electron chi connectivity index (χ3n) is 1.21. The Labute approximate surface area is 61.0 Å². The van der Waals surface area contributed by atoms with Gasteiger partial charge in [0.1, 0.15) is 0 Å². The Morgan fingerprint density at radius 1 is 1.27 bits per heavy atom. The molecule has 0 aromatic carbocycles. The third kappa shape index (κ3) is 0.741. The van der Waals surface area contributed by atoms with E-state index >= 15 is 0 Å². The fourth-order valence-electron chi connectivity index (χ4n) is 0.776. The Hall–Kier alpha value is -1.92. The largest absolute Gasteiger partial charge is 0.368 e. The topological polar surface area (TPSA) is 108 Å². The van der Waals surface area contributed by atoms with Crippen LogP contribution in [0.3, 0.4) is 0 Å². The molecule has 7 nitrogen and oxygen atoms in total. The maximum atomic E-state index is 5.43. The lowest BCUT2D eigenvalue weighted by molar-refractivity contribution is 0.837. The van der Waals surface area contributed by atoms with Gasteiger partial charge < -0.3 is 11.5 Å². The van der Waals surface area contributed by atoms with Crippen LogP contribution in [0.4, 0.5) is 11.9 Å². The second-order valence-corrected chi connectivity index (χ2v) is 1.94. The monoisotopic (exact) mass is 151 g/mol. The lowest BCUT2D eigenvalue weighted by Gasteiger charge is -1.95. The van der Waals surface area contributed by atoms with E-state index in [9.17, 15) is 0 Å². The summed E-state index contributed by atoms with van der Waals surface area (Å²) in [4.78, 5) is 7.50. The molecule has 0 unspecified atom stereocenters. The quantitative estimate of drug-likeness (QED) is 0.483. The second kappa shape index (κ2) is 1.78. The van der Waals surface area contributed by atoms with E-state index in [1.807, 2.05) is 0 Å². The molecule has 0 aliphatic carbocycles. The Kier molecular flexibility index (Phi) is 0.945. The number of rotatable bonds is 0. The molecule has 4 N–H and O–H groups in total. The van der Waals surface area contributed by atoms with E-state index in [4.69, 9.17) is 11.5 Å². The zero-order chi connectivity index (χ0) is 7.84. The number of hydrogen-bond donors (Lipinski definition) is 2. The molecule has 0 atom stereocenters. The molecule has 0 radical (unpaired) electrons. The summed E-state index contributed by atoms with van der Waals surface area (Å²) in [6.07, 6.45) is 1.45. The van der Waals surface area contributed by atoms with Gasteiger partial charge in [-0.3, -0.25) is 0 Å². The maximum absolute atomic E-state index is 5.43. The maximum Gasteiger partial charge on any atom is 0.228 e. The summed E-state index contributed by atoms with van der Waals surface area (Å²) in [6, 6.07) is 0. The average Bonchev–Trinajstić information content (AvgIpc) is 2.34. The molecule has 7 heteroatoms. The molecule has 11 heavy (non-hydrogen) atoms. The van der Waals surface area contributed by atoms with Crippen molar-refractivity contribution in [3.05, 3.63) is 6.20 Å². The Morgan fingerprint density at radius 3 is 2.91 bits per heavy atom. The van der Waals surface area contributed by atoms with Crippen LogP contribution in [0.1, 0.15) is 0 Å². The second-order valence-electron chi connectivity index (χ2n) is 1.94. The normalized spacial score (nSPS) is 10.5. The van der Waals surface area contributed by atoms with E-state index < -0.39 is 0 Å². The summed E-state index contributed by atoms with van der Waals surface area (Å²) >= 11 is 0. The number of hydrogen-bond acceptors (Lipinski definition) is 6. The van der Waals surface area contributed by atoms with Gasteiger partial charge in [0.15, 0.2) is 5.65 Å².